The van der Waals surface area contributed by atoms with Crippen LogP contribution in [0.1, 0.15) is 0 Å². The molecule has 1 aromatic heterocycles. The fourth-order valence-corrected chi connectivity index (χ4v) is 2.67. The van der Waals surface area contributed by atoms with E-state index >= 15 is 0 Å². The van der Waals surface area contributed by atoms with E-state index in [2.05, 4.69) is 20.9 Å². The van der Waals surface area contributed by atoms with E-state index in [-0.39, 0.29) is 12.5 Å². The van der Waals surface area contributed by atoms with Gasteiger partial charge in [-0.1, -0.05) is 27.5 Å². The van der Waals surface area contributed by atoms with Crippen molar-refractivity contribution in [2.45, 2.75) is 0 Å². The lowest BCUT2D eigenvalue weighted by atomic mass is 10.1. The van der Waals surface area contributed by atoms with Gasteiger partial charge in [-0.2, -0.15) is 0 Å². The minimum atomic E-state index is -0.386. The molecule has 0 saturated heterocycles. The van der Waals surface area contributed by atoms with Crippen LogP contribution in [0.5, 0.6) is 0 Å². The van der Waals surface area contributed by atoms with Gasteiger partial charge in [0.25, 0.3) is 0 Å². The van der Waals surface area contributed by atoms with Gasteiger partial charge in [-0.3, -0.25) is 9.78 Å². The van der Waals surface area contributed by atoms with Crippen molar-refractivity contribution in [2.24, 2.45) is 5.73 Å². The van der Waals surface area contributed by atoms with Crippen molar-refractivity contribution in [3.05, 3.63) is 33.9 Å². The van der Waals surface area contributed by atoms with Crippen molar-refractivity contribution in [2.75, 3.05) is 18.5 Å². The predicted molar refractivity (Wildman–Crippen MR) is 76.9 cm³/mol. The summed E-state index contributed by atoms with van der Waals surface area (Å²) in [5, 5.41) is 1.44. The van der Waals surface area contributed by atoms with Crippen LogP contribution in [0.4, 0.5) is 5.69 Å². The van der Waals surface area contributed by atoms with Crippen LogP contribution in [0.25, 0.3) is 10.9 Å². The van der Waals surface area contributed by atoms with E-state index in [4.69, 9.17) is 17.3 Å². The van der Waals surface area contributed by atoms with Gasteiger partial charge in [-0.25, -0.2) is 0 Å². The zero-order valence-electron chi connectivity index (χ0n) is 9.65. The van der Waals surface area contributed by atoms with Gasteiger partial charge in [-0.15, -0.1) is 0 Å². The molecule has 18 heavy (non-hydrogen) atoms. The molecule has 0 aliphatic heterocycles. The smallest absolute Gasteiger partial charge is 0.236 e. The SMILES string of the molecule is CN(CC(N)=O)c1ccnc2c(Cl)cc(Br)cc12. The molecule has 1 aromatic carbocycles. The predicted octanol–water partition coefficient (Wildman–Crippen LogP) is 2.57. The van der Waals surface area contributed by atoms with Gasteiger partial charge in [0.1, 0.15) is 0 Å². The highest BCUT2D eigenvalue weighted by Gasteiger charge is 2.11. The summed E-state index contributed by atoms with van der Waals surface area (Å²) < 4.78 is 0.863. The molecule has 0 radical (unpaired) electrons. The Hall–Kier alpha value is -1.33. The van der Waals surface area contributed by atoms with Crippen LogP contribution in [0.15, 0.2) is 28.9 Å². The molecule has 1 heterocycles. The zero-order valence-corrected chi connectivity index (χ0v) is 12.0. The number of benzene rings is 1. The average Bonchev–Trinajstić information content (AvgIpc) is 2.27. The summed E-state index contributed by atoms with van der Waals surface area (Å²) in [5.41, 5.74) is 6.77. The Kier molecular flexibility index (Phi) is 3.73. The van der Waals surface area contributed by atoms with Gasteiger partial charge < -0.3 is 10.6 Å². The van der Waals surface area contributed by atoms with Gasteiger partial charge >= 0.3 is 0 Å². The van der Waals surface area contributed by atoms with Crippen molar-refractivity contribution >= 4 is 50.0 Å². The van der Waals surface area contributed by atoms with Crippen molar-refractivity contribution in [3.63, 3.8) is 0 Å². The molecule has 94 valence electrons. The molecule has 0 atom stereocenters. The van der Waals surface area contributed by atoms with Crippen molar-refractivity contribution in [1.82, 2.24) is 4.98 Å². The molecule has 0 saturated carbocycles. The molecule has 0 fully saturated rings. The first kappa shape index (κ1) is 13.1. The summed E-state index contributed by atoms with van der Waals surface area (Å²) in [6.45, 7) is 0.142. The molecule has 0 bridgehead atoms. The summed E-state index contributed by atoms with van der Waals surface area (Å²) in [6.07, 6.45) is 1.66. The highest BCUT2D eigenvalue weighted by Crippen LogP contribution is 2.32. The van der Waals surface area contributed by atoms with Crippen molar-refractivity contribution in [1.29, 1.82) is 0 Å². The number of amides is 1. The molecule has 2 N–H and O–H groups in total. The molecule has 4 nitrogen and oxygen atoms in total. The Morgan fingerprint density at radius 3 is 2.94 bits per heavy atom. The number of likely N-dealkylation sites (N-methyl/N-ethyl adjacent to an activating group) is 1. The number of pyridine rings is 1. The van der Waals surface area contributed by atoms with Gasteiger partial charge in [-0.05, 0) is 18.2 Å². The van der Waals surface area contributed by atoms with E-state index in [1.54, 1.807) is 24.2 Å². The van der Waals surface area contributed by atoms with E-state index in [0.717, 1.165) is 15.5 Å². The fourth-order valence-electron chi connectivity index (χ4n) is 1.82. The number of anilines is 1. The number of nitrogens with zero attached hydrogens (tertiary/aromatic N) is 2. The number of rotatable bonds is 3. The Balaban J connectivity index is 2.61. The molecule has 1 amide bonds. The van der Waals surface area contributed by atoms with Crippen LogP contribution in [0.2, 0.25) is 5.02 Å². The molecule has 0 unspecified atom stereocenters. The third-order valence-corrected chi connectivity index (χ3v) is 3.29. The molecule has 6 heteroatoms. The minimum absolute atomic E-state index is 0.142. The van der Waals surface area contributed by atoms with Gasteiger partial charge in [0, 0.05) is 28.8 Å². The number of carbonyl (C=O) groups is 1. The van der Waals surface area contributed by atoms with Gasteiger partial charge in [0.2, 0.25) is 5.91 Å². The van der Waals surface area contributed by atoms with Crippen LogP contribution < -0.4 is 10.6 Å². The maximum atomic E-state index is 11.0. The number of halogens is 2. The van der Waals surface area contributed by atoms with Crippen LogP contribution in [-0.4, -0.2) is 24.5 Å². The highest BCUT2D eigenvalue weighted by molar-refractivity contribution is 9.10. The normalized spacial score (nSPS) is 10.6. The lowest BCUT2D eigenvalue weighted by Crippen LogP contribution is -2.30. The monoisotopic (exact) mass is 327 g/mol. The van der Waals surface area contributed by atoms with E-state index in [1.807, 2.05) is 12.1 Å². The summed E-state index contributed by atoms with van der Waals surface area (Å²) in [6, 6.07) is 5.53. The van der Waals surface area contributed by atoms with Crippen molar-refractivity contribution < 1.29 is 4.79 Å². The fraction of sp³-hybridized carbons (Fsp3) is 0.167. The molecular formula is C12H11BrClN3O. The van der Waals surface area contributed by atoms with Crippen LogP contribution in [-0.2, 0) is 4.79 Å². The summed E-state index contributed by atoms with van der Waals surface area (Å²) in [7, 11) is 1.80. The topological polar surface area (TPSA) is 59.2 Å². The number of hydrogen-bond acceptors (Lipinski definition) is 3. The lowest BCUT2D eigenvalue weighted by Gasteiger charge is -2.19. The first-order valence-corrected chi connectivity index (χ1v) is 6.39. The van der Waals surface area contributed by atoms with E-state index < -0.39 is 0 Å². The standard InChI is InChI=1S/C12H11BrClN3O/c1-17(6-11(15)18)10-2-3-16-12-8(10)4-7(13)5-9(12)14/h2-5H,6H2,1H3,(H2,15,18). The minimum Gasteiger partial charge on any atom is -0.368 e. The number of nitrogens with two attached hydrogens (primary N) is 1. The summed E-state index contributed by atoms with van der Waals surface area (Å²) in [4.78, 5) is 17.0. The molecule has 2 aromatic rings. The highest BCUT2D eigenvalue weighted by atomic mass is 79.9. The largest absolute Gasteiger partial charge is 0.368 e. The number of aromatic nitrogens is 1. The van der Waals surface area contributed by atoms with E-state index in [0.29, 0.717) is 10.5 Å². The molecular weight excluding hydrogens is 318 g/mol. The molecule has 0 aliphatic rings. The lowest BCUT2D eigenvalue weighted by molar-refractivity contribution is -0.116. The Morgan fingerprint density at radius 2 is 2.28 bits per heavy atom. The molecule has 0 spiro atoms. The average molecular weight is 329 g/mol. The number of hydrogen-bond donors (Lipinski definition) is 1. The Labute approximate surface area is 118 Å². The second kappa shape index (κ2) is 5.12. The van der Waals surface area contributed by atoms with E-state index in [1.165, 1.54) is 0 Å². The number of primary amides is 1. The first-order valence-electron chi connectivity index (χ1n) is 5.22. The van der Waals surface area contributed by atoms with Crippen molar-refractivity contribution in [3.8, 4) is 0 Å². The number of carbonyl (C=O) groups excluding carboxylic acids is 1. The Morgan fingerprint density at radius 1 is 1.56 bits per heavy atom. The third-order valence-electron chi connectivity index (χ3n) is 2.54. The third kappa shape index (κ3) is 2.57. The second-order valence-corrected chi connectivity index (χ2v) is 5.26. The van der Waals surface area contributed by atoms with Gasteiger partial charge in [0.15, 0.2) is 0 Å². The van der Waals surface area contributed by atoms with E-state index in [9.17, 15) is 4.79 Å². The van der Waals surface area contributed by atoms with Gasteiger partial charge in [0.05, 0.1) is 17.1 Å². The summed E-state index contributed by atoms with van der Waals surface area (Å²) >= 11 is 9.54. The number of fused-ring (bicyclic) bond motifs is 1. The maximum absolute atomic E-state index is 11.0. The first-order chi connectivity index (χ1) is 8.49. The Bertz CT molecular complexity index is 618. The van der Waals surface area contributed by atoms with Crippen LogP contribution >= 0.6 is 27.5 Å². The summed E-state index contributed by atoms with van der Waals surface area (Å²) in [5.74, 6) is -0.386. The zero-order chi connectivity index (χ0) is 13.3. The second-order valence-electron chi connectivity index (χ2n) is 3.94. The van der Waals surface area contributed by atoms with Crippen LogP contribution in [0.3, 0.4) is 0 Å². The van der Waals surface area contributed by atoms with Crippen LogP contribution in [0, 0.1) is 0 Å². The molecule has 2 rings (SSSR count). The quantitative estimate of drug-likeness (QED) is 0.942. The molecule has 0 aliphatic carbocycles. The maximum Gasteiger partial charge on any atom is 0.236 e.